The normalized spacial score (nSPS) is 17.4. The van der Waals surface area contributed by atoms with E-state index in [1.54, 1.807) is 6.26 Å². The minimum Gasteiger partial charge on any atom is -0.466 e. The maximum Gasteiger partial charge on any atom is 0.306 e. The number of benzene rings is 1. The van der Waals surface area contributed by atoms with E-state index in [1.165, 1.54) is 0 Å². The van der Waals surface area contributed by atoms with Gasteiger partial charge >= 0.3 is 5.97 Å². The summed E-state index contributed by atoms with van der Waals surface area (Å²) in [4.78, 5) is 11.4. The van der Waals surface area contributed by atoms with Crippen molar-refractivity contribution >= 4 is 5.97 Å². The summed E-state index contributed by atoms with van der Waals surface area (Å²) in [5, 5.41) is 0. The zero-order valence-corrected chi connectivity index (χ0v) is 9.18. The number of esters is 1. The first-order chi connectivity index (χ1) is 7.81. The fraction of sp³-hybridized carbons (Fsp3) is 0.308. The van der Waals surface area contributed by atoms with Gasteiger partial charge in [-0.2, -0.15) is 0 Å². The highest BCUT2D eigenvalue weighted by Crippen LogP contribution is 2.33. The average molecular weight is 218 g/mol. The Morgan fingerprint density at radius 2 is 2.25 bits per heavy atom. The summed E-state index contributed by atoms with van der Waals surface area (Å²) in [5.74, 6) is 0.706. The van der Waals surface area contributed by atoms with E-state index in [9.17, 15) is 4.79 Å². The molecule has 3 heteroatoms. The molecule has 1 atom stereocenters. The summed E-state index contributed by atoms with van der Waals surface area (Å²) in [7, 11) is 0. The largest absolute Gasteiger partial charge is 0.466 e. The Hall–Kier alpha value is -1.77. The van der Waals surface area contributed by atoms with Gasteiger partial charge in [0.25, 0.3) is 0 Å². The predicted molar refractivity (Wildman–Crippen MR) is 60.2 cm³/mol. The first kappa shape index (κ1) is 10.7. The van der Waals surface area contributed by atoms with Crippen LogP contribution in [-0.4, -0.2) is 12.6 Å². The van der Waals surface area contributed by atoms with E-state index >= 15 is 0 Å². The van der Waals surface area contributed by atoms with Crippen LogP contribution in [0, 0.1) is 0 Å². The van der Waals surface area contributed by atoms with Crippen LogP contribution in [0.3, 0.4) is 0 Å². The number of carbonyl (C=O) groups is 1. The van der Waals surface area contributed by atoms with Crippen molar-refractivity contribution in [1.82, 2.24) is 0 Å². The molecule has 0 fully saturated rings. The van der Waals surface area contributed by atoms with Crippen molar-refractivity contribution in [1.29, 1.82) is 0 Å². The van der Waals surface area contributed by atoms with Crippen LogP contribution < -0.4 is 4.74 Å². The highest BCUT2D eigenvalue weighted by molar-refractivity contribution is 5.71. The van der Waals surface area contributed by atoms with Gasteiger partial charge in [0.2, 0.25) is 0 Å². The molecule has 1 aromatic carbocycles. The van der Waals surface area contributed by atoms with E-state index in [2.05, 4.69) is 0 Å². The second kappa shape index (κ2) is 4.84. The number of ether oxygens (including phenoxy) is 2. The summed E-state index contributed by atoms with van der Waals surface area (Å²) in [6.45, 7) is 2.24. The van der Waals surface area contributed by atoms with Crippen molar-refractivity contribution in [3.63, 3.8) is 0 Å². The molecule has 0 amide bonds. The molecule has 1 heterocycles. The molecular formula is C13H14O3. The van der Waals surface area contributed by atoms with E-state index in [-0.39, 0.29) is 11.9 Å². The van der Waals surface area contributed by atoms with E-state index in [4.69, 9.17) is 9.47 Å². The van der Waals surface area contributed by atoms with Crippen molar-refractivity contribution in [2.24, 2.45) is 0 Å². The molecule has 3 nitrogen and oxygen atoms in total. The number of carbonyl (C=O) groups excluding carboxylic acids is 1. The van der Waals surface area contributed by atoms with E-state index in [1.807, 2.05) is 37.3 Å². The molecule has 0 saturated heterocycles. The topological polar surface area (TPSA) is 35.5 Å². The molecule has 0 aromatic heterocycles. The Morgan fingerprint density at radius 1 is 1.44 bits per heavy atom. The first-order valence-corrected chi connectivity index (χ1v) is 5.39. The van der Waals surface area contributed by atoms with Crippen LogP contribution in [0.2, 0.25) is 0 Å². The van der Waals surface area contributed by atoms with Gasteiger partial charge in [0.1, 0.15) is 5.75 Å². The van der Waals surface area contributed by atoms with Gasteiger partial charge in [0.15, 0.2) is 0 Å². The first-order valence-electron chi connectivity index (χ1n) is 5.39. The lowest BCUT2D eigenvalue weighted by atomic mass is 9.94. The van der Waals surface area contributed by atoms with Gasteiger partial charge in [-0.3, -0.25) is 4.79 Å². The molecule has 16 heavy (non-hydrogen) atoms. The van der Waals surface area contributed by atoms with Crippen LogP contribution in [0.25, 0.3) is 0 Å². The van der Waals surface area contributed by atoms with Crippen molar-refractivity contribution in [2.45, 2.75) is 19.3 Å². The number of allylic oxidation sites excluding steroid dienone is 1. The molecule has 0 spiro atoms. The van der Waals surface area contributed by atoms with Crippen molar-refractivity contribution in [2.75, 3.05) is 6.61 Å². The summed E-state index contributed by atoms with van der Waals surface area (Å²) in [5.41, 5.74) is 1.04. The molecule has 0 saturated carbocycles. The molecule has 0 radical (unpaired) electrons. The highest BCUT2D eigenvalue weighted by Gasteiger charge is 2.20. The number of fused-ring (bicyclic) bond motifs is 1. The van der Waals surface area contributed by atoms with E-state index < -0.39 is 0 Å². The van der Waals surface area contributed by atoms with E-state index in [0.29, 0.717) is 13.0 Å². The van der Waals surface area contributed by atoms with Gasteiger partial charge in [0, 0.05) is 11.5 Å². The summed E-state index contributed by atoms with van der Waals surface area (Å²) < 4.78 is 10.3. The van der Waals surface area contributed by atoms with Crippen molar-refractivity contribution < 1.29 is 14.3 Å². The lowest BCUT2D eigenvalue weighted by Crippen LogP contribution is -2.12. The molecule has 1 unspecified atom stereocenters. The molecule has 0 aliphatic carbocycles. The van der Waals surface area contributed by atoms with Crippen molar-refractivity contribution in [3.05, 3.63) is 42.2 Å². The Balaban J connectivity index is 2.13. The fourth-order valence-electron chi connectivity index (χ4n) is 1.78. The summed E-state index contributed by atoms with van der Waals surface area (Å²) >= 11 is 0. The molecule has 1 aromatic rings. The van der Waals surface area contributed by atoms with Crippen LogP contribution in [-0.2, 0) is 9.53 Å². The van der Waals surface area contributed by atoms with Gasteiger partial charge < -0.3 is 9.47 Å². The highest BCUT2D eigenvalue weighted by atomic mass is 16.5. The van der Waals surface area contributed by atoms with E-state index in [0.717, 1.165) is 11.3 Å². The second-order valence-corrected chi connectivity index (χ2v) is 3.60. The van der Waals surface area contributed by atoms with Crippen LogP contribution in [0.15, 0.2) is 36.6 Å². The minimum atomic E-state index is -0.172. The van der Waals surface area contributed by atoms with Crippen molar-refractivity contribution in [3.8, 4) is 5.75 Å². The van der Waals surface area contributed by atoms with Crippen LogP contribution in [0.1, 0.15) is 24.8 Å². The molecule has 1 aliphatic rings. The van der Waals surface area contributed by atoms with Crippen LogP contribution in [0.5, 0.6) is 5.75 Å². The Kier molecular flexibility index (Phi) is 3.25. The standard InChI is InChI=1S/C13H14O3/c1-2-15-13(14)9-10-7-8-16-12-6-4-3-5-11(10)12/h3-8,10H,2,9H2,1H3. The van der Waals surface area contributed by atoms with Gasteiger partial charge in [-0.1, -0.05) is 18.2 Å². The Bertz CT molecular complexity index is 409. The number of rotatable bonds is 3. The third-order valence-electron chi connectivity index (χ3n) is 2.52. The lowest BCUT2D eigenvalue weighted by Gasteiger charge is -2.19. The molecule has 0 N–H and O–H groups in total. The number of para-hydroxylation sites is 1. The molecule has 84 valence electrons. The van der Waals surface area contributed by atoms with Gasteiger partial charge in [-0.15, -0.1) is 0 Å². The maximum absolute atomic E-state index is 11.4. The minimum absolute atomic E-state index is 0.0593. The zero-order valence-electron chi connectivity index (χ0n) is 9.18. The number of hydrogen-bond donors (Lipinski definition) is 0. The van der Waals surface area contributed by atoms with Crippen LogP contribution in [0.4, 0.5) is 0 Å². The molecule has 1 aliphatic heterocycles. The zero-order chi connectivity index (χ0) is 11.4. The predicted octanol–water partition coefficient (Wildman–Crippen LogP) is 2.63. The number of hydrogen-bond acceptors (Lipinski definition) is 3. The van der Waals surface area contributed by atoms with Gasteiger partial charge in [-0.25, -0.2) is 0 Å². The average Bonchev–Trinajstić information content (AvgIpc) is 2.30. The third kappa shape index (κ3) is 2.24. The van der Waals surface area contributed by atoms with Gasteiger partial charge in [0.05, 0.1) is 19.3 Å². The van der Waals surface area contributed by atoms with Gasteiger partial charge in [-0.05, 0) is 19.1 Å². The third-order valence-corrected chi connectivity index (χ3v) is 2.52. The Labute approximate surface area is 94.7 Å². The van der Waals surface area contributed by atoms with Crippen LogP contribution >= 0.6 is 0 Å². The summed E-state index contributed by atoms with van der Waals surface area (Å²) in [6, 6.07) is 7.73. The second-order valence-electron chi connectivity index (χ2n) is 3.60. The Morgan fingerprint density at radius 3 is 3.06 bits per heavy atom. The lowest BCUT2D eigenvalue weighted by molar-refractivity contribution is -0.143. The fourth-order valence-corrected chi connectivity index (χ4v) is 1.78. The molecular weight excluding hydrogens is 204 g/mol. The smallest absolute Gasteiger partial charge is 0.306 e. The SMILES string of the molecule is CCOC(=O)CC1C=COc2ccccc21. The maximum atomic E-state index is 11.4. The quantitative estimate of drug-likeness (QED) is 0.731. The monoisotopic (exact) mass is 218 g/mol. The molecule has 2 rings (SSSR count). The molecule has 0 bridgehead atoms. The summed E-state index contributed by atoms with van der Waals surface area (Å²) in [6.07, 6.45) is 3.89.